The Bertz CT molecular complexity index is 1170. The predicted molar refractivity (Wildman–Crippen MR) is 141 cm³/mol. The standard InChI is InChI=1S/C29H34N2O6/c1-4-16-35-22-11-8-20(9-12-22)26-25(27(32)21-10-13-23-24(19-21)37-18-17-36-23)28(33)29(34)31(26)15-7-14-30(5-2)6-3/h4,8-13,19,26,32H,1,5-7,14-18H2,2-3H3/b27-25+/t26-/m0/s1. The lowest BCUT2D eigenvalue weighted by atomic mass is 9.95. The molecule has 196 valence electrons. The molecule has 2 aliphatic rings. The highest BCUT2D eigenvalue weighted by Crippen LogP contribution is 2.41. The number of ketones is 1. The molecule has 2 aliphatic heterocycles. The first-order chi connectivity index (χ1) is 18.0. The minimum absolute atomic E-state index is 0.0595. The van der Waals surface area contributed by atoms with E-state index in [0.29, 0.717) is 61.2 Å². The van der Waals surface area contributed by atoms with Crippen LogP contribution in [0.5, 0.6) is 17.2 Å². The summed E-state index contributed by atoms with van der Waals surface area (Å²) in [6.07, 6.45) is 2.36. The van der Waals surface area contributed by atoms with Crippen LogP contribution < -0.4 is 14.2 Å². The van der Waals surface area contributed by atoms with Gasteiger partial charge in [-0.1, -0.05) is 38.6 Å². The van der Waals surface area contributed by atoms with Gasteiger partial charge in [-0.25, -0.2) is 0 Å². The third-order valence-electron chi connectivity index (χ3n) is 6.69. The summed E-state index contributed by atoms with van der Waals surface area (Å²) < 4.78 is 16.8. The van der Waals surface area contributed by atoms with E-state index in [2.05, 4.69) is 25.3 Å². The molecule has 1 atom stereocenters. The highest BCUT2D eigenvalue weighted by molar-refractivity contribution is 6.46. The van der Waals surface area contributed by atoms with Crippen LogP contribution in [0.2, 0.25) is 0 Å². The van der Waals surface area contributed by atoms with E-state index >= 15 is 0 Å². The molecule has 1 saturated heterocycles. The third-order valence-corrected chi connectivity index (χ3v) is 6.69. The van der Waals surface area contributed by atoms with Gasteiger partial charge in [0.15, 0.2) is 11.5 Å². The number of amides is 1. The first-order valence-electron chi connectivity index (χ1n) is 12.7. The van der Waals surface area contributed by atoms with Gasteiger partial charge >= 0.3 is 0 Å². The van der Waals surface area contributed by atoms with E-state index in [4.69, 9.17) is 14.2 Å². The summed E-state index contributed by atoms with van der Waals surface area (Å²) in [5, 5.41) is 11.4. The number of benzene rings is 2. The monoisotopic (exact) mass is 506 g/mol. The van der Waals surface area contributed by atoms with E-state index in [9.17, 15) is 14.7 Å². The zero-order valence-electron chi connectivity index (χ0n) is 21.4. The van der Waals surface area contributed by atoms with Gasteiger partial charge in [-0.2, -0.15) is 0 Å². The topological polar surface area (TPSA) is 88.5 Å². The quantitative estimate of drug-likeness (QED) is 0.212. The molecule has 8 heteroatoms. The Morgan fingerprint density at radius 1 is 1.11 bits per heavy atom. The second-order valence-electron chi connectivity index (χ2n) is 8.90. The van der Waals surface area contributed by atoms with Crippen molar-refractivity contribution in [3.63, 3.8) is 0 Å². The normalized spacial score (nSPS) is 18.4. The minimum Gasteiger partial charge on any atom is -0.507 e. The van der Waals surface area contributed by atoms with Crippen molar-refractivity contribution in [2.75, 3.05) is 46.0 Å². The van der Waals surface area contributed by atoms with E-state index in [1.165, 1.54) is 0 Å². The number of aliphatic hydroxyl groups is 1. The average molecular weight is 507 g/mol. The molecule has 1 fully saturated rings. The summed E-state index contributed by atoms with van der Waals surface area (Å²) in [4.78, 5) is 30.4. The summed E-state index contributed by atoms with van der Waals surface area (Å²) >= 11 is 0. The van der Waals surface area contributed by atoms with Gasteiger partial charge in [-0.15, -0.1) is 0 Å². The predicted octanol–water partition coefficient (Wildman–Crippen LogP) is 4.18. The van der Waals surface area contributed by atoms with Crippen molar-refractivity contribution in [3.8, 4) is 17.2 Å². The van der Waals surface area contributed by atoms with Gasteiger partial charge in [-0.05, 0) is 62.0 Å². The Balaban J connectivity index is 1.71. The van der Waals surface area contributed by atoms with E-state index in [0.717, 1.165) is 19.6 Å². The zero-order chi connectivity index (χ0) is 26.4. The van der Waals surface area contributed by atoms with Gasteiger partial charge in [0.25, 0.3) is 11.7 Å². The summed E-state index contributed by atoms with van der Waals surface area (Å²) in [5.41, 5.74) is 1.16. The maximum atomic E-state index is 13.3. The van der Waals surface area contributed by atoms with Crippen LogP contribution >= 0.6 is 0 Å². The fourth-order valence-corrected chi connectivity index (χ4v) is 4.71. The first-order valence-corrected chi connectivity index (χ1v) is 12.7. The molecule has 0 spiro atoms. The molecule has 0 aromatic heterocycles. The molecule has 4 rings (SSSR count). The molecule has 37 heavy (non-hydrogen) atoms. The average Bonchev–Trinajstić information content (AvgIpc) is 3.18. The fraction of sp³-hybridized carbons (Fsp3) is 0.379. The number of hydrogen-bond donors (Lipinski definition) is 1. The summed E-state index contributed by atoms with van der Waals surface area (Å²) in [7, 11) is 0. The van der Waals surface area contributed by atoms with Crippen LogP contribution in [-0.2, 0) is 9.59 Å². The van der Waals surface area contributed by atoms with E-state index in [-0.39, 0.29) is 11.3 Å². The van der Waals surface area contributed by atoms with Gasteiger partial charge in [-0.3, -0.25) is 9.59 Å². The molecule has 0 saturated carbocycles. The van der Waals surface area contributed by atoms with Crippen molar-refractivity contribution in [2.45, 2.75) is 26.3 Å². The second kappa shape index (κ2) is 12.0. The lowest BCUT2D eigenvalue weighted by molar-refractivity contribution is -0.140. The first kappa shape index (κ1) is 26.3. The van der Waals surface area contributed by atoms with Gasteiger partial charge in [0, 0.05) is 12.1 Å². The summed E-state index contributed by atoms with van der Waals surface area (Å²) in [6, 6.07) is 11.5. The van der Waals surface area contributed by atoms with Crippen LogP contribution in [0.15, 0.2) is 60.7 Å². The van der Waals surface area contributed by atoms with Crippen molar-refractivity contribution in [1.82, 2.24) is 9.80 Å². The van der Waals surface area contributed by atoms with Crippen LogP contribution in [0.25, 0.3) is 5.76 Å². The summed E-state index contributed by atoms with van der Waals surface area (Å²) in [6.45, 7) is 12.1. The van der Waals surface area contributed by atoms with Crippen molar-refractivity contribution < 1.29 is 28.9 Å². The lowest BCUT2D eigenvalue weighted by Crippen LogP contribution is -2.33. The Kier molecular flexibility index (Phi) is 8.50. The maximum absolute atomic E-state index is 13.3. The van der Waals surface area contributed by atoms with Gasteiger partial charge < -0.3 is 29.1 Å². The number of carbonyl (C=O) groups is 2. The fourth-order valence-electron chi connectivity index (χ4n) is 4.71. The highest BCUT2D eigenvalue weighted by atomic mass is 16.6. The summed E-state index contributed by atoms with van der Waals surface area (Å²) in [5.74, 6) is 0.158. The zero-order valence-corrected chi connectivity index (χ0v) is 21.4. The van der Waals surface area contributed by atoms with Crippen LogP contribution in [0.1, 0.15) is 37.4 Å². The molecule has 2 aromatic carbocycles. The maximum Gasteiger partial charge on any atom is 0.295 e. The molecule has 2 heterocycles. The lowest BCUT2D eigenvalue weighted by Gasteiger charge is -2.27. The number of fused-ring (bicyclic) bond motifs is 1. The highest BCUT2D eigenvalue weighted by Gasteiger charge is 2.45. The Morgan fingerprint density at radius 3 is 2.49 bits per heavy atom. The molecule has 2 aromatic rings. The number of ether oxygens (including phenoxy) is 3. The van der Waals surface area contributed by atoms with Crippen LogP contribution in [0, 0.1) is 0 Å². The number of nitrogens with zero attached hydrogens (tertiary/aromatic N) is 2. The molecule has 1 N–H and O–H groups in total. The third kappa shape index (κ3) is 5.64. The van der Waals surface area contributed by atoms with Crippen molar-refractivity contribution in [1.29, 1.82) is 0 Å². The van der Waals surface area contributed by atoms with Crippen LogP contribution in [0.3, 0.4) is 0 Å². The largest absolute Gasteiger partial charge is 0.507 e. The van der Waals surface area contributed by atoms with Crippen molar-refractivity contribution in [2.24, 2.45) is 0 Å². The van der Waals surface area contributed by atoms with Crippen LogP contribution in [0.4, 0.5) is 0 Å². The van der Waals surface area contributed by atoms with Gasteiger partial charge in [0.1, 0.15) is 31.3 Å². The van der Waals surface area contributed by atoms with Crippen molar-refractivity contribution >= 4 is 17.4 Å². The second-order valence-corrected chi connectivity index (χ2v) is 8.90. The van der Waals surface area contributed by atoms with Gasteiger partial charge in [0.05, 0.1) is 11.6 Å². The molecule has 8 nitrogen and oxygen atoms in total. The number of carbonyl (C=O) groups excluding carboxylic acids is 2. The molecule has 1 amide bonds. The molecule has 0 bridgehead atoms. The van der Waals surface area contributed by atoms with E-state index in [1.807, 2.05) is 12.1 Å². The van der Waals surface area contributed by atoms with Crippen molar-refractivity contribution in [3.05, 3.63) is 71.8 Å². The smallest absolute Gasteiger partial charge is 0.295 e. The minimum atomic E-state index is -0.724. The number of aliphatic hydroxyl groups excluding tert-OH is 1. The number of likely N-dealkylation sites (tertiary alicyclic amines) is 1. The van der Waals surface area contributed by atoms with Crippen LogP contribution in [-0.4, -0.2) is 72.6 Å². The Morgan fingerprint density at radius 2 is 1.81 bits per heavy atom. The molecular formula is C29H34N2O6. The molecule has 0 radical (unpaired) electrons. The number of rotatable bonds is 11. The van der Waals surface area contributed by atoms with Gasteiger partial charge in [0.2, 0.25) is 0 Å². The number of hydrogen-bond acceptors (Lipinski definition) is 7. The SMILES string of the molecule is C=CCOc1ccc([C@H]2/C(=C(\O)c3ccc4c(c3)OCCO4)C(=O)C(=O)N2CCCN(CC)CC)cc1. The molecule has 0 unspecified atom stereocenters. The molecule has 0 aliphatic carbocycles. The van der Waals surface area contributed by atoms with E-state index < -0.39 is 17.7 Å². The Hall–Kier alpha value is -3.78. The van der Waals surface area contributed by atoms with E-state index in [1.54, 1.807) is 41.3 Å². The molecular weight excluding hydrogens is 472 g/mol. The number of Topliss-reactive ketones (excluding diaryl/α,β-unsaturated/α-hetero) is 1. The Labute approximate surface area is 217 Å².